The number of aromatic nitrogens is 1. The van der Waals surface area contributed by atoms with E-state index in [1.54, 1.807) is 66.9 Å². The van der Waals surface area contributed by atoms with Crippen molar-refractivity contribution >= 4 is 17.6 Å². The van der Waals surface area contributed by atoms with Crippen LogP contribution in [0.4, 0.5) is 19.0 Å². The zero-order valence-electron chi connectivity index (χ0n) is 19.1. The molecule has 4 rings (SSSR count). The highest BCUT2D eigenvalue weighted by molar-refractivity contribution is 6.12. The molecule has 0 unspecified atom stereocenters. The van der Waals surface area contributed by atoms with E-state index in [0.717, 1.165) is 5.56 Å². The number of pyridine rings is 1. The number of fused-ring (bicyclic) bond motifs is 1. The monoisotopic (exact) mass is 483 g/mol. The van der Waals surface area contributed by atoms with Gasteiger partial charge in [0.25, 0.3) is 5.91 Å². The molecule has 0 radical (unpaired) electrons. The first kappa shape index (κ1) is 24.4. The van der Waals surface area contributed by atoms with Gasteiger partial charge in [0.1, 0.15) is 12.4 Å². The number of nitrogens with zero attached hydrogens (tertiary/aromatic N) is 2. The second kappa shape index (κ2) is 9.14. The maximum absolute atomic E-state index is 13.8. The minimum atomic E-state index is -4.60. The maximum Gasteiger partial charge on any atom is 0.405 e. The Hall–Kier alpha value is -3.72. The van der Waals surface area contributed by atoms with E-state index in [9.17, 15) is 27.9 Å². The van der Waals surface area contributed by atoms with E-state index < -0.39 is 36.0 Å². The van der Waals surface area contributed by atoms with Crippen molar-refractivity contribution in [2.75, 3.05) is 11.4 Å². The molecule has 0 fully saturated rings. The Morgan fingerprint density at radius 3 is 2.40 bits per heavy atom. The van der Waals surface area contributed by atoms with Gasteiger partial charge in [-0.3, -0.25) is 14.5 Å². The number of rotatable bonds is 5. The first-order valence-corrected chi connectivity index (χ1v) is 11.0. The van der Waals surface area contributed by atoms with Crippen molar-refractivity contribution in [3.63, 3.8) is 0 Å². The number of carbonyl (C=O) groups is 2. The Morgan fingerprint density at radius 2 is 1.80 bits per heavy atom. The first-order valence-electron chi connectivity index (χ1n) is 11.0. The Bertz CT molecular complexity index is 1240. The van der Waals surface area contributed by atoms with Crippen LogP contribution in [0.5, 0.6) is 0 Å². The number of aryl methyl sites for hydroxylation is 1. The van der Waals surface area contributed by atoms with Gasteiger partial charge in [0.05, 0.1) is 18.1 Å². The van der Waals surface area contributed by atoms with Crippen LogP contribution in [0.3, 0.4) is 0 Å². The second-order valence-corrected chi connectivity index (χ2v) is 8.72. The number of anilines is 1. The normalized spacial score (nSPS) is 19.9. The molecule has 2 atom stereocenters. The topological polar surface area (TPSA) is 82.5 Å². The van der Waals surface area contributed by atoms with Crippen LogP contribution in [-0.4, -0.2) is 34.6 Å². The number of amides is 2. The number of aliphatic hydroxyl groups excluding tert-OH is 1. The van der Waals surface area contributed by atoms with Crippen molar-refractivity contribution < 1.29 is 27.9 Å². The summed E-state index contributed by atoms with van der Waals surface area (Å²) >= 11 is 0. The fourth-order valence-corrected chi connectivity index (χ4v) is 4.51. The number of benzene rings is 2. The quantitative estimate of drug-likeness (QED) is 0.569. The number of carbonyl (C=O) groups excluding carboxylic acids is 2. The highest BCUT2D eigenvalue weighted by atomic mass is 19.4. The van der Waals surface area contributed by atoms with Gasteiger partial charge in [-0.15, -0.1) is 0 Å². The van der Waals surface area contributed by atoms with E-state index >= 15 is 0 Å². The predicted octanol–water partition coefficient (Wildman–Crippen LogP) is 4.22. The lowest BCUT2D eigenvalue weighted by Gasteiger charge is -2.47. The number of aliphatic hydroxyl groups is 1. The molecule has 0 saturated heterocycles. The standard InChI is InChI=1S/C26H24F3N3O3/c1-16-7-12-21(30-13-16)32-22(18-10-8-17(14-33)9-11-18)25(2,24(35)31-15-26(27,28)29)20-6-4-3-5-19(20)23(32)34/h3-13,22,33H,14-15H2,1-2H3,(H,31,35)/t22-,25-/m0/s1. The van der Waals surface area contributed by atoms with Gasteiger partial charge in [-0.25, -0.2) is 4.98 Å². The summed E-state index contributed by atoms with van der Waals surface area (Å²) in [6.45, 7) is 1.66. The van der Waals surface area contributed by atoms with Crippen molar-refractivity contribution in [2.24, 2.45) is 0 Å². The van der Waals surface area contributed by atoms with Crippen LogP contribution in [0.1, 0.15) is 45.6 Å². The van der Waals surface area contributed by atoms with Crippen molar-refractivity contribution in [1.29, 1.82) is 0 Å². The summed E-state index contributed by atoms with van der Waals surface area (Å²) < 4.78 is 39.1. The number of hydrogen-bond donors (Lipinski definition) is 2. The molecule has 2 N–H and O–H groups in total. The summed E-state index contributed by atoms with van der Waals surface area (Å²) in [5, 5.41) is 11.5. The number of nitrogens with one attached hydrogen (secondary N) is 1. The lowest BCUT2D eigenvalue weighted by molar-refractivity contribution is -0.142. The van der Waals surface area contributed by atoms with E-state index in [1.165, 1.54) is 11.8 Å². The molecule has 182 valence electrons. The molecule has 9 heteroatoms. The van der Waals surface area contributed by atoms with Gasteiger partial charge < -0.3 is 10.4 Å². The van der Waals surface area contributed by atoms with Gasteiger partial charge in [0, 0.05) is 11.8 Å². The van der Waals surface area contributed by atoms with Crippen LogP contribution in [0, 0.1) is 6.92 Å². The lowest BCUT2D eigenvalue weighted by atomic mass is 9.67. The molecular weight excluding hydrogens is 459 g/mol. The first-order chi connectivity index (χ1) is 16.6. The second-order valence-electron chi connectivity index (χ2n) is 8.72. The highest BCUT2D eigenvalue weighted by Gasteiger charge is 2.54. The van der Waals surface area contributed by atoms with Crippen LogP contribution in [-0.2, 0) is 16.8 Å². The Balaban J connectivity index is 1.96. The fraction of sp³-hybridized carbons (Fsp3) is 0.269. The molecule has 0 spiro atoms. The number of hydrogen-bond acceptors (Lipinski definition) is 4. The third-order valence-corrected chi connectivity index (χ3v) is 6.28. The number of alkyl halides is 3. The van der Waals surface area contributed by atoms with Crippen molar-refractivity contribution in [3.05, 3.63) is 94.7 Å². The van der Waals surface area contributed by atoms with Gasteiger partial charge in [-0.1, -0.05) is 48.5 Å². The van der Waals surface area contributed by atoms with Gasteiger partial charge in [-0.05, 0) is 48.2 Å². The van der Waals surface area contributed by atoms with Crippen molar-refractivity contribution in [3.8, 4) is 0 Å². The molecular formula is C26H24F3N3O3. The lowest BCUT2D eigenvalue weighted by Crippen LogP contribution is -2.58. The van der Waals surface area contributed by atoms with E-state index in [4.69, 9.17) is 0 Å². The molecule has 0 bridgehead atoms. The fourth-order valence-electron chi connectivity index (χ4n) is 4.51. The summed E-state index contributed by atoms with van der Waals surface area (Å²) in [6.07, 6.45) is -3.03. The third kappa shape index (κ3) is 4.51. The van der Waals surface area contributed by atoms with Crippen LogP contribution in [0.2, 0.25) is 0 Å². The molecule has 35 heavy (non-hydrogen) atoms. The molecule has 2 amide bonds. The minimum Gasteiger partial charge on any atom is -0.392 e. The molecule has 1 aliphatic rings. The molecule has 6 nitrogen and oxygen atoms in total. The molecule has 0 saturated carbocycles. The van der Waals surface area contributed by atoms with Gasteiger partial charge in [0.2, 0.25) is 5.91 Å². The molecule has 2 heterocycles. The average Bonchev–Trinajstić information content (AvgIpc) is 2.85. The molecule has 3 aromatic rings. The Kier molecular flexibility index (Phi) is 6.38. The summed E-state index contributed by atoms with van der Waals surface area (Å²) in [5.41, 5.74) is 0.917. The number of halogens is 3. The Labute approximate surface area is 200 Å². The van der Waals surface area contributed by atoms with E-state index in [0.29, 0.717) is 16.7 Å². The van der Waals surface area contributed by atoms with Crippen LogP contribution < -0.4 is 10.2 Å². The van der Waals surface area contributed by atoms with Crippen LogP contribution in [0.15, 0.2) is 66.9 Å². The van der Waals surface area contributed by atoms with Crippen LogP contribution >= 0.6 is 0 Å². The molecule has 2 aromatic carbocycles. The SMILES string of the molecule is Cc1ccc(N2C(=O)c3ccccc3[C@](C)(C(=O)NCC(F)(F)F)[C@@H]2c2ccc(CO)cc2)nc1. The molecule has 1 aromatic heterocycles. The van der Waals surface area contributed by atoms with Crippen LogP contribution in [0.25, 0.3) is 0 Å². The summed E-state index contributed by atoms with van der Waals surface area (Å²) in [5.74, 6) is -1.03. The third-order valence-electron chi connectivity index (χ3n) is 6.28. The maximum atomic E-state index is 13.8. The zero-order chi connectivity index (χ0) is 25.4. The molecule has 0 aliphatic carbocycles. The van der Waals surface area contributed by atoms with E-state index in [2.05, 4.69) is 4.98 Å². The Morgan fingerprint density at radius 1 is 1.11 bits per heavy atom. The predicted molar refractivity (Wildman–Crippen MR) is 124 cm³/mol. The minimum absolute atomic E-state index is 0.209. The van der Waals surface area contributed by atoms with E-state index in [-0.39, 0.29) is 18.0 Å². The van der Waals surface area contributed by atoms with Crippen molar-refractivity contribution in [2.45, 2.75) is 38.1 Å². The average molecular weight is 483 g/mol. The van der Waals surface area contributed by atoms with E-state index in [1.807, 2.05) is 12.2 Å². The summed E-state index contributed by atoms with van der Waals surface area (Å²) in [7, 11) is 0. The van der Waals surface area contributed by atoms with Gasteiger partial charge in [-0.2, -0.15) is 13.2 Å². The molecule has 1 aliphatic heterocycles. The highest BCUT2D eigenvalue weighted by Crippen LogP contribution is 2.48. The smallest absolute Gasteiger partial charge is 0.392 e. The summed E-state index contributed by atoms with van der Waals surface area (Å²) in [4.78, 5) is 33.1. The summed E-state index contributed by atoms with van der Waals surface area (Å²) in [6, 6.07) is 15.4. The zero-order valence-corrected chi connectivity index (χ0v) is 19.1. The van der Waals surface area contributed by atoms with Gasteiger partial charge in [0.15, 0.2) is 0 Å². The van der Waals surface area contributed by atoms with Gasteiger partial charge >= 0.3 is 6.18 Å². The largest absolute Gasteiger partial charge is 0.405 e. The van der Waals surface area contributed by atoms with Crippen molar-refractivity contribution in [1.82, 2.24) is 10.3 Å².